The van der Waals surface area contributed by atoms with Crippen LogP contribution in [0.5, 0.6) is 0 Å². The minimum atomic E-state index is -0.741. The molecule has 0 radical (unpaired) electrons. The third kappa shape index (κ3) is 5.77. The van der Waals surface area contributed by atoms with E-state index in [0.717, 1.165) is 6.07 Å². The van der Waals surface area contributed by atoms with E-state index in [9.17, 15) is 24.1 Å². The summed E-state index contributed by atoms with van der Waals surface area (Å²) in [6.07, 6.45) is 1.29. The lowest BCUT2D eigenvalue weighted by Gasteiger charge is -2.12. The van der Waals surface area contributed by atoms with E-state index in [0.29, 0.717) is 16.1 Å². The highest BCUT2D eigenvalue weighted by Crippen LogP contribution is 2.18. The topological polar surface area (TPSA) is 101 Å². The molecule has 0 saturated carbocycles. The lowest BCUT2D eigenvalue weighted by molar-refractivity contribution is -0.384. The predicted molar refractivity (Wildman–Crippen MR) is 120 cm³/mol. The zero-order chi connectivity index (χ0) is 23.3. The molecule has 0 aliphatic carbocycles. The standard InChI is InChI=1S/C23H17ClFN3O4/c1-14-8-9-18(13-20(14)25)26-23(30)21(11-15-4-2-7-19(10-15)28(31)32)27-22(29)16-5-3-6-17(24)12-16/h2-13H,1H3,(H,26,30)(H,27,29). The Kier molecular flexibility index (Phi) is 6.97. The normalized spacial score (nSPS) is 11.0. The average Bonchev–Trinajstić information content (AvgIpc) is 2.76. The summed E-state index contributed by atoms with van der Waals surface area (Å²) >= 11 is 5.93. The number of nitro benzene ring substituents is 1. The molecule has 3 aromatic carbocycles. The monoisotopic (exact) mass is 453 g/mol. The van der Waals surface area contributed by atoms with Gasteiger partial charge in [-0.05, 0) is 54.5 Å². The van der Waals surface area contributed by atoms with E-state index in [1.807, 2.05) is 0 Å². The van der Waals surface area contributed by atoms with Gasteiger partial charge >= 0.3 is 0 Å². The molecule has 2 N–H and O–H groups in total. The van der Waals surface area contributed by atoms with E-state index < -0.39 is 22.6 Å². The van der Waals surface area contributed by atoms with Gasteiger partial charge in [-0.25, -0.2) is 4.39 Å². The Balaban J connectivity index is 1.95. The second-order valence-corrected chi connectivity index (χ2v) is 7.23. The Bertz CT molecular complexity index is 1240. The molecule has 9 heteroatoms. The fraction of sp³-hybridized carbons (Fsp3) is 0.0435. The highest BCUT2D eigenvalue weighted by atomic mass is 35.5. The number of carbonyl (C=O) groups is 2. The van der Waals surface area contributed by atoms with Crippen LogP contribution in [-0.4, -0.2) is 16.7 Å². The van der Waals surface area contributed by atoms with E-state index in [1.54, 1.807) is 19.1 Å². The van der Waals surface area contributed by atoms with Crippen molar-refractivity contribution in [3.63, 3.8) is 0 Å². The van der Waals surface area contributed by atoms with Crippen LogP contribution in [0.4, 0.5) is 15.8 Å². The molecule has 162 valence electrons. The van der Waals surface area contributed by atoms with Crippen LogP contribution in [-0.2, 0) is 4.79 Å². The maximum atomic E-state index is 13.9. The molecule has 0 heterocycles. The number of nitrogens with zero attached hydrogens (tertiary/aromatic N) is 1. The fourth-order valence-electron chi connectivity index (χ4n) is 2.75. The second-order valence-electron chi connectivity index (χ2n) is 6.79. The molecule has 0 spiro atoms. The van der Waals surface area contributed by atoms with E-state index >= 15 is 0 Å². The molecule has 0 saturated heterocycles. The molecule has 2 amide bonds. The number of nitro groups is 1. The Morgan fingerprint density at radius 3 is 2.50 bits per heavy atom. The molecule has 3 rings (SSSR count). The summed E-state index contributed by atoms with van der Waals surface area (Å²) in [6, 6.07) is 15.8. The van der Waals surface area contributed by atoms with Crippen LogP contribution < -0.4 is 10.6 Å². The molecule has 7 nitrogen and oxygen atoms in total. The number of halogens is 2. The van der Waals surface area contributed by atoms with Crippen molar-refractivity contribution in [2.75, 3.05) is 5.32 Å². The number of amides is 2. The number of hydrogen-bond acceptors (Lipinski definition) is 4. The van der Waals surface area contributed by atoms with E-state index in [1.165, 1.54) is 54.6 Å². The molecule has 0 aliphatic rings. The minimum Gasteiger partial charge on any atom is -0.321 e. The quantitative estimate of drug-likeness (QED) is 0.308. The van der Waals surface area contributed by atoms with Crippen molar-refractivity contribution in [2.45, 2.75) is 6.92 Å². The summed E-state index contributed by atoms with van der Waals surface area (Å²) in [5, 5.41) is 16.4. The van der Waals surface area contributed by atoms with Crippen LogP contribution >= 0.6 is 11.6 Å². The summed E-state index contributed by atoms with van der Waals surface area (Å²) in [5.74, 6) is -1.86. The third-order valence-corrected chi connectivity index (χ3v) is 4.64. The van der Waals surface area contributed by atoms with Gasteiger partial charge in [-0.3, -0.25) is 19.7 Å². The van der Waals surface area contributed by atoms with Crippen LogP contribution in [0.2, 0.25) is 5.02 Å². The number of non-ortho nitro benzene ring substituents is 1. The van der Waals surface area contributed by atoms with Crippen LogP contribution in [0.25, 0.3) is 6.08 Å². The van der Waals surface area contributed by atoms with Gasteiger partial charge in [0.25, 0.3) is 17.5 Å². The van der Waals surface area contributed by atoms with Gasteiger partial charge in [0.15, 0.2) is 0 Å². The number of rotatable bonds is 6. The molecule has 32 heavy (non-hydrogen) atoms. The first-order valence-corrected chi connectivity index (χ1v) is 9.71. The first-order valence-electron chi connectivity index (χ1n) is 9.33. The Morgan fingerprint density at radius 1 is 1.06 bits per heavy atom. The van der Waals surface area contributed by atoms with Crippen LogP contribution in [0.3, 0.4) is 0 Å². The number of nitrogens with one attached hydrogen (secondary N) is 2. The smallest absolute Gasteiger partial charge is 0.272 e. The van der Waals surface area contributed by atoms with E-state index in [4.69, 9.17) is 11.6 Å². The molecule has 0 bridgehead atoms. The fourth-order valence-corrected chi connectivity index (χ4v) is 2.94. The number of carbonyl (C=O) groups excluding carboxylic acids is 2. The zero-order valence-electron chi connectivity index (χ0n) is 16.8. The molecule has 0 fully saturated rings. The maximum absolute atomic E-state index is 13.9. The van der Waals surface area contributed by atoms with Crippen molar-refractivity contribution < 1.29 is 18.9 Å². The summed E-state index contributed by atoms with van der Waals surface area (Å²) in [4.78, 5) is 36.0. The van der Waals surface area contributed by atoms with Gasteiger partial charge in [0, 0.05) is 28.4 Å². The van der Waals surface area contributed by atoms with Gasteiger partial charge in [-0.1, -0.05) is 35.9 Å². The molecule has 3 aromatic rings. The lowest BCUT2D eigenvalue weighted by Crippen LogP contribution is -2.30. The summed E-state index contributed by atoms with van der Waals surface area (Å²) in [6.45, 7) is 1.58. The average molecular weight is 454 g/mol. The summed E-state index contributed by atoms with van der Waals surface area (Å²) < 4.78 is 13.9. The van der Waals surface area contributed by atoms with Crippen molar-refractivity contribution in [3.8, 4) is 0 Å². The first kappa shape index (κ1) is 22.6. The molecule has 0 aliphatic heterocycles. The van der Waals surface area contributed by atoms with Gasteiger partial charge in [0.1, 0.15) is 11.5 Å². The van der Waals surface area contributed by atoms with Crippen LogP contribution in [0.15, 0.2) is 72.4 Å². The predicted octanol–water partition coefficient (Wildman–Crippen LogP) is 5.11. The summed E-state index contributed by atoms with van der Waals surface area (Å²) in [7, 11) is 0. The van der Waals surface area contributed by atoms with Crippen molar-refractivity contribution in [2.24, 2.45) is 0 Å². The van der Waals surface area contributed by atoms with Crippen LogP contribution in [0, 0.1) is 22.9 Å². The summed E-state index contributed by atoms with van der Waals surface area (Å²) in [5.41, 5.74) is 0.726. The van der Waals surface area contributed by atoms with Crippen LogP contribution in [0.1, 0.15) is 21.5 Å². The largest absolute Gasteiger partial charge is 0.321 e. The van der Waals surface area contributed by atoms with Gasteiger partial charge in [-0.2, -0.15) is 0 Å². The van der Waals surface area contributed by atoms with Crippen molar-refractivity contribution in [1.29, 1.82) is 0 Å². The Hall–Kier alpha value is -4.04. The third-order valence-electron chi connectivity index (χ3n) is 4.40. The van der Waals surface area contributed by atoms with Gasteiger partial charge in [0.05, 0.1) is 4.92 Å². The highest BCUT2D eigenvalue weighted by Gasteiger charge is 2.16. The molecule has 0 unspecified atom stereocenters. The SMILES string of the molecule is Cc1ccc(NC(=O)C(=Cc2cccc([N+](=O)[O-])c2)NC(=O)c2cccc(Cl)c2)cc1F. The number of aryl methyl sites for hydroxylation is 1. The Morgan fingerprint density at radius 2 is 1.81 bits per heavy atom. The van der Waals surface area contributed by atoms with Gasteiger partial charge < -0.3 is 10.6 Å². The van der Waals surface area contributed by atoms with Crippen molar-refractivity contribution in [3.05, 3.63) is 110 Å². The number of hydrogen-bond donors (Lipinski definition) is 2. The van der Waals surface area contributed by atoms with Crippen molar-refractivity contribution >= 4 is 40.9 Å². The highest BCUT2D eigenvalue weighted by molar-refractivity contribution is 6.31. The molecule has 0 atom stereocenters. The first-order chi connectivity index (χ1) is 15.2. The maximum Gasteiger partial charge on any atom is 0.272 e. The zero-order valence-corrected chi connectivity index (χ0v) is 17.5. The van der Waals surface area contributed by atoms with E-state index in [-0.39, 0.29) is 22.6 Å². The number of anilines is 1. The second kappa shape index (κ2) is 9.84. The molecule has 0 aromatic heterocycles. The van der Waals surface area contributed by atoms with Gasteiger partial charge in [0.2, 0.25) is 0 Å². The van der Waals surface area contributed by atoms with Crippen molar-refractivity contribution in [1.82, 2.24) is 5.32 Å². The number of benzene rings is 3. The van der Waals surface area contributed by atoms with Gasteiger partial charge in [-0.15, -0.1) is 0 Å². The lowest BCUT2D eigenvalue weighted by atomic mass is 10.1. The Labute approximate surface area is 187 Å². The molecular formula is C23H17ClFN3O4. The molecular weight excluding hydrogens is 437 g/mol. The van der Waals surface area contributed by atoms with E-state index in [2.05, 4.69) is 10.6 Å². The minimum absolute atomic E-state index is 0.180.